The minimum atomic E-state index is 0.0436. The molecule has 0 bridgehead atoms. The average Bonchev–Trinajstić information content (AvgIpc) is 2.74. The third-order valence-electron chi connectivity index (χ3n) is 2.09. The van der Waals surface area contributed by atoms with Crippen LogP contribution in [0.1, 0.15) is 5.56 Å². The van der Waals surface area contributed by atoms with Crippen molar-refractivity contribution in [2.24, 2.45) is 0 Å². The molecule has 0 saturated heterocycles. The Labute approximate surface area is 102 Å². The Kier molecular flexibility index (Phi) is 3.22. The minimum Gasteiger partial charge on any atom is -0.506 e. The molecule has 1 heterocycles. The Morgan fingerprint density at radius 1 is 1.38 bits per heavy atom. The van der Waals surface area contributed by atoms with Crippen LogP contribution in [0.5, 0.6) is 5.75 Å². The number of benzene rings is 1. The molecule has 16 heavy (non-hydrogen) atoms. The first-order valence-corrected chi connectivity index (χ1v) is 5.32. The van der Waals surface area contributed by atoms with Gasteiger partial charge in [0.25, 0.3) is 0 Å². The van der Waals surface area contributed by atoms with Crippen LogP contribution in [0.25, 0.3) is 0 Å². The van der Waals surface area contributed by atoms with Crippen LogP contribution in [0.15, 0.2) is 24.5 Å². The Balaban J connectivity index is 2.15. The van der Waals surface area contributed by atoms with Gasteiger partial charge in [-0.1, -0.05) is 23.2 Å². The van der Waals surface area contributed by atoms with Crippen molar-refractivity contribution in [2.75, 3.05) is 5.32 Å². The summed E-state index contributed by atoms with van der Waals surface area (Å²) in [5, 5.41) is 20.0. The van der Waals surface area contributed by atoms with Crippen molar-refractivity contribution in [1.29, 1.82) is 0 Å². The van der Waals surface area contributed by atoms with Crippen LogP contribution in [0.2, 0.25) is 10.0 Å². The molecule has 0 saturated carbocycles. The Hall–Kier alpha value is -1.39. The zero-order chi connectivity index (χ0) is 11.5. The van der Waals surface area contributed by atoms with Crippen LogP contribution in [0, 0.1) is 0 Å². The normalized spacial score (nSPS) is 10.4. The van der Waals surface area contributed by atoms with E-state index < -0.39 is 0 Å². The van der Waals surface area contributed by atoms with E-state index >= 15 is 0 Å². The quantitative estimate of drug-likeness (QED) is 0.792. The van der Waals surface area contributed by atoms with E-state index in [9.17, 15) is 5.11 Å². The first-order valence-electron chi connectivity index (χ1n) is 4.56. The molecule has 1 aromatic carbocycles. The Morgan fingerprint density at radius 3 is 2.88 bits per heavy atom. The molecule has 6 heteroatoms. The predicted molar refractivity (Wildman–Crippen MR) is 64.0 cm³/mol. The van der Waals surface area contributed by atoms with Crippen LogP contribution in [0.3, 0.4) is 0 Å². The molecule has 0 unspecified atom stereocenters. The molecular weight excluding hydrogens is 249 g/mol. The van der Waals surface area contributed by atoms with Gasteiger partial charge in [0.05, 0.1) is 16.9 Å². The predicted octanol–water partition coefficient (Wildman–Crippen LogP) is 3.03. The molecule has 0 aliphatic rings. The highest BCUT2D eigenvalue weighted by atomic mass is 35.5. The lowest BCUT2D eigenvalue weighted by molar-refractivity contribution is 0.469. The van der Waals surface area contributed by atoms with Crippen molar-refractivity contribution in [3.8, 4) is 5.75 Å². The summed E-state index contributed by atoms with van der Waals surface area (Å²) in [6.45, 7) is 0.422. The lowest BCUT2D eigenvalue weighted by Crippen LogP contribution is -1.98. The van der Waals surface area contributed by atoms with Gasteiger partial charge in [-0.25, -0.2) is 0 Å². The van der Waals surface area contributed by atoms with Gasteiger partial charge in [0.15, 0.2) is 0 Å². The van der Waals surface area contributed by atoms with Crippen molar-refractivity contribution >= 4 is 28.9 Å². The van der Waals surface area contributed by atoms with Gasteiger partial charge in [-0.15, -0.1) is 0 Å². The van der Waals surface area contributed by atoms with Gasteiger partial charge < -0.3 is 10.4 Å². The van der Waals surface area contributed by atoms with Gasteiger partial charge in [-0.3, -0.25) is 5.10 Å². The summed E-state index contributed by atoms with van der Waals surface area (Å²) in [5.74, 6) is 0.0436. The number of rotatable bonds is 3. The monoisotopic (exact) mass is 257 g/mol. The second-order valence-corrected chi connectivity index (χ2v) is 4.08. The summed E-state index contributed by atoms with van der Waals surface area (Å²) in [4.78, 5) is 0. The molecule has 84 valence electrons. The zero-order valence-corrected chi connectivity index (χ0v) is 9.68. The summed E-state index contributed by atoms with van der Waals surface area (Å²) in [6.07, 6.45) is 3.35. The molecule has 2 rings (SSSR count). The lowest BCUT2D eigenvalue weighted by atomic mass is 10.2. The maximum absolute atomic E-state index is 9.70. The van der Waals surface area contributed by atoms with E-state index in [1.807, 2.05) is 0 Å². The maximum Gasteiger partial charge on any atom is 0.139 e. The van der Waals surface area contributed by atoms with Gasteiger partial charge >= 0.3 is 0 Å². The highest BCUT2D eigenvalue weighted by Gasteiger charge is 2.07. The number of nitrogens with one attached hydrogen (secondary N) is 2. The van der Waals surface area contributed by atoms with E-state index in [1.165, 1.54) is 6.07 Å². The number of hydrogen-bond acceptors (Lipinski definition) is 3. The fourth-order valence-electron chi connectivity index (χ4n) is 1.30. The molecule has 2 aromatic rings. The number of phenols is 1. The van der Waals surface area contributed by atoms with Gasteiger partial charge in [0.2, 0.25) is 0 Å². The smallest absolute Gasteiger partial charge is 0.139 e. The first-order chi connectivity index (χ1) is 7.66. The third kappa shape index (κ3) is 2.40. The van der Waals surface area contributed by atoms with Gasteiger partial charge in [-0.05, 0) is 12.1 Å². The number of halogens is 2. The van der Waals surface area contributed by atoms with Gasteiger partial charge in [-0.2, -0.15) is 5.10 Å². The number of H-pyrrole nitrogens is 1. The minimum absolute atomic E-state index is 0.0436. The van der Waals surface area contributed by atoms with Crippen molar-refractivity contribution in [1.82, 2.24) is 10.2 Å². The van der Waals surface area contributed by atoms with Crippen LogP contribution in [-0.2, 0) is 6.54 Å². The molecule has 3 N–H and O–H groups in total. The number of aromatic hydroxyl groups is 1. The fourth-order valence-corrected chi connectivity index (χ4v) is 1.83. The first kappa shape index (κ1) is 11.1. The van der Waals surface area contributed by atoms with E-state index in [-0.39, 0.29) is 10.8 Å². The topological polar surface area (TPSA) is 60.9 Å². The van der Waals surface area contributed by atoms with Crippen molar-refractivity contribution < 1.29 is 5.11 Å². The molecule has 0 aliphatic carbocycles. The second-order valence-electron chi connectivity index (χ2n) is 3.24. The SMILES string of the molecule is Oc1c(Cl)cc(Cl)cc1CNc1cn[nH]c1. The average molecular weight is 258 g/mol. The summed E-state index contributed by atoms with van der Waals surface area (Å²) in [5.41, 5.74) is 1.47. The van der Waals surface area contributed by atoms with Gasteiger partial charge in [0, 0.05) is 23.3 Å². The van der Waals surface area contributed by atoms with Crippen LogP contribution in [0.4, 0.5) is 5.69 Å². The largest absolute Gasteiger partial charge is 0.506 e. The number of nitrogens with zero attached hydrogens (tertiary/aromatic N) is 1. The standard InChI is InChI=1S/C10H9Cl2N3O/c11-7-1-6(10(16)9(12)2-7)3-13-8-4-14-15-5-8/h1-2,4-5,13,16H,3H2,(H,14,15). The van der Waals surface area contributed by atoms with Crippen molar-refractivity contribution in [3.63, 3.8) is 0 Å². The molecule has 0 atom stereocenters. The van der Waals surface area contributed by atoms with Crippen LogP contribution in [-0.4, -0.2) is 15.3 Å². The molecule has 0 radical (unpaired) electrons. The van der Waals surface area contributed by atoms with E-state index in [4.69, 9.17) is 23.2 Å². The van der Waals surface area contributed by atoms with Crippen LogP contribution >= 0.6 is 23.2 Å². The van der Waals surface area contributed by atoms with E-state index in [0.29, 0.717) is 17.1 Å². The van der Waals surface area contributed by atoms with E-state index in [0.717, 1.165) is 5.69 Å². The number of anilines is 1. The fraction of sp³-hybridized carbons (Fsp3) is 0.100. The molecule has 0 amide bonds. The lowest BCUT2D eigenvalue weighted by Gasteiger charge is -2.08. The zero-order valence-electron chi connectivity index (χ0n) is 8.17. The molecule has 4 nitrogen and oxygen atoms in total. The van der Waals surface area contributed by atoms with Crippen molar-refractivity contribution in [3.05, 3.63) is 40.1 Å². The summed E-state index contributed by atoms with van der Waals surface area (Å²) in [6, 6.07) is 3.16. The van der Waals surface area contributed by atoms with E-state index in [2.05, 4.69) is 15.5 Å². The van der Waals surface area contributed by atoms with Crippen molar-refractivity contribution in [2.45, 2.75) is 6.54 Å². The molecular formula is C10H9Cl2N3O. The number of aromatic amines is 1. The number of hydrogen-bond donors (Lipinski definition) is 3. The number of phenolic OH excluding ortho intramolecular Hbond substituents is 1. The van der Waals surface area contributed by atoms with Gasteiger partial charge in [0.1, 0.15) is 5.75 Å². The molecule has 1 aromatic heterocycles. The Morgan fingerprint density at radius 2 is 2.19 bits per heavy atom. The van der Waals surface area contributed by atoms with Crippen LogP contribution < -0.4 is 5.32 Å². The molecule has 0 spiro atoms. The summed E-state index contributed by atoms with van der Waals surface area (Å²) in [7, 11) is 0. The second kappa shape index (κ2) is 4.63. The number of aromatic nitrogens is 2. The third-order valence-corrected chi connectivity index (χ3v) is 2.59. The van der Waals surface area contributed by atoms with E-state index in [1.54, 1.807) is 18.5 Å². The molecule has 0 aliphatic heterocycles. The highest BCUT2D eigenvalue weighted by Crippen LogP contribution is 2.31. The summed E-state index contributed by atoms with van der Waals surface area (Å²) >= 11 is 11.6. The maximum atomic E-state index is 9.70. The summed E-state index contributed by atoms with van der Waals surface area (Å²) < 4.78 is 0. The Bertz CT molecular complexity index is 485. The highest BCUT2D eigenvalue weighted by molar-refractivity contribution is 6.35. The molecule has 0 fully saturated rings.